The number of hydrogen-bond donors (Lipinski definition) is 2. The Morgan fingerprint density at radius 2 is 2.00 bits per heavy atom. The first-order valence-electron chi connectivity index (χ1n) is 9.53. The highest BCUT2D eigenvalue weighted by atomic mass is 32.1. The van der Waals surface area contributed by atoms with Crippen LogP contribution in [0, 0.1) is 6.92 Å². The molecule has 31 heavy (non-hydrogen) atoms. The van der Waals surface area contributed by atoms with Crippen molar-refractivity contribution >= 4 is 23.2 Å². The molecule has 0 amide bonds. The van der Waals surface area contributed by atoms with E-state index in [4.69, 9.17) is 4.74 Å². The van der Waals surface area contributed by atoms with E-state index in [9.17, 15) is 14.7 Å². The highest BCUT2D eigenvalue weighted by molar-refractivity contribution is 7.15. The molecule has 0 bridgehead atoms. The van der Waals surface area contributed by atoms with Crippen LogP contribution < -0.4 is 10.4 Å². The summed E-state index contributed by atoms with van der Waals surface area (Å²) in [5.74, 6) is 0.166. The minimum Gasteiger partial charge on any atom is -0.504 e. The Hall–Kier alpha value is -3.84. The van der Waals surface area contributed by atoms with Crippen molar-refractivity contribution in [3.63, 3.8) is 0 Å². The molecule has 4 aromatic rings. The fourth-order valence-electron chi connectivity index (χ4n) is 3.17. The lowest BCUT2D eigenvalue weighted by Gasteiger charge is -2.04. The number of allylic oxidation sites excluding steroid dienone is 1. The summed E-state index contributed by atoms with van der Waals surface area (Å²) in [7, 11) is 1.47. The smallest absolute Gasteiger partial charge is 0.330 e. The van der Waals surface area contributed by atoms with Crippen molar-refractivity contribution in [3.05, 3.63) is 93.4 Å². The predicted octanol–water partition coefficient (Wildman–Crippen LogP) is 4.81. The van der Waals surface area contributed by atoms with Gasteiger partial charge in [-0.2, -0.15) is 0 Å². The lowest BCUT2D eigenvalue weighted by Crippen LogP contribution is -2.14. The lowest BCUT2D eigenvalue weighted by molar-refractivity contribution is 0.104. The molecule has 2 aromatic heterocycles. The predicted molar refractivity (Wildman–Crippen MR) is 122 cm³/mol. The van der Waals surface area contributed by atoms with Crippen molar-refractivity contribution in [2.45, 2.75) is 6.92 Å². The maximum atomic E-state index is 12.7. The molecule has 0 radical (unpaired) electrons. The number of thiophene rings is 1. The average Bonchev–Trinajstić information content (AvgIpc) is 3.38. The number of H-pyrrole nitrogens is 1. The summed E-state index contributed by atoms with van der Waals surface area (Å²) in [6.45, 7) is 2.01. The minimum atomic E-state index is -0.266. The van der Waals surface area contributed by atoms with Gasteiger partial charge in [-0.1, -0.05) is 24.3 Å². The zero-order chi connectivity index (χ0) is 22.0. The molecule has 0 aliphatic rings. The summed E-state index contributed by atoms with van der Waals surface area (Å²) in [5.41, 5.74) is 2.25. The summed E-state index contributed by atoms with van der Waals surface area (Å²) in [4.78, 5) is 30.2. The number of aryl methyl sites for hydroxylation is 1. The molecule has 0 saturated carbocycles. The summed E-state index contributed by atoms with van der Waals surface area (Å²) in [5, 5.41) is 9.68. The van der Waals surface area contributed by atoms with Gasteiger partial charge in [-0.3, -0.25) is 9.36 Å². The lowest BCUT2D eigenvalue weighted by atomic mass is 10.1. The van der Waals surface area contributed by atoms with E-state index in [-0.39, 0.29) is 17.2 Å². The molecule has 156 valence electrons. The number of methoxy groups -OCH3 is 1. The van der Waals surface area contributed by atoms with Gasteiger partial charge in [0.25, 0.3) is 0 Å². The van der Waals surface area contributed by atoms with Gasteiger partial charge in [0.05, 0.1) is 23.4 Å². The topological polar surface area (TPSA) is 84.3 Å². The van der Waals surface area contributed by atoms with Gasteiger partial charge in [-0.05, 0) is 55.0 Å². The van der Waals surface area contributed by atoms with E-state index >= 15 is 0 Å². The molecule has 0 spiro atoms. The van der Waals surface area contributed by atoms with E-state index in [0.717, 1.165) is 21.0 Å². The van der Waals surface area contributed by atoms with E-state index in [1.807, 2.05) is 19.1 Å². The average molecular weight is 433 g/mol. The molecule has 0 fully saturated rings. The number of aromatic hydroxyl groups is 1. The van der Waals surface area contributed by atoms with E-state index in [0.29, 0.717) is 17.0 Å². The zero-order valence-electron chi connectivity index (χ0n) is 17.0. The number of benzene rings is 2. The van der Waals surface area contributed by atoms with Gasteiger partial charge in [0.15, 0.2) is 17.3 Å². The number of aromatic nitrogens is 2. The number of rotatable bonds is 6. The van der Waals surface area contributed by atoms with Gasteiger partial charge in [-0.15, -0.1) is 11.3 Å². The second kappa shape index (κ2) is 8.49. The number of ketones is 1. The number of carbonyl (C=O) groups is 1. The van der Waals surface area contributed by atoms with Crippen LogP contribution >= 0.6 is 11.3 Å². The Morgan fingerprint density at radius 3 is 2.74 bits per heavy atom. The van der Waals surface area contributed by atoms with E-state index in [2.05, 4.69) is 4.98 Å². The third kappa shape index (κ3) is 4.36. The molecular formula is C24H20N2O4S. The van der Waals surface area contributed by atoms with Crippen LogP contribution in [-0.2, 0) is 0 Å². The fourth-order valence-corrected chi connectivity index (χ4v) is 4.00. The molecule has 2 heterocycles. The van der Waals surface area contributed by atoms with Crippen molar-refractivity contribution < 1.29 is 14.6 Å². The maximum Gasteiger partial charge on any atom is 0.330 e. The largest absolute Gasteiger partial charge is 0.504 e. The van der Waals surface area contributed by atoms with E-state index < -0.39 is 0 Å². The van der Waals surface area contributed by atoms with Crippen LogP contribution in [0.15, 0.2) is 71.7 Å². The first-order valence-corrected chi connectivity index (χ1v) is 10.3. The van der Waals surface area contributed by atoms with E-state index in [1.54, 1.807) is 60.0 Å². The highest BCUT2D eigenvalue weighted by Crippen LogP contribution is 2.27. The first kappa shape index (κ1) is 20.4. The standard InChI is InChI=1S/C24H20N2O4S/c1-15-6-11-23(31-15)19-14-26(24(29)25-19)18-5-3-4-17(13-18)20(27)9-7-16-8-10-21(28)22(12-16)30-2/h3-14,28H,1-2H3,(H,25,29). The molecule has 7 heteroatoms. The molecule has 0 aliphatic heterocycles. The number of phenols is 1. The van der Waals surface area contributed by atoms with Crippen molar-refractivity contribution in [2.24, 2.45) is 0 Å². The third-order valence-corrected chi connectivity index (χ3v) is 5.80. The van der Waals surface area contributed by atoms with Gasteiger partial charge in [0.1, 0.15) is 0 Å². The number of aromatic amines is 1. The van der Waals surface area contributed by atoms with Crippen molar-refractivity contribution in [1.82, 2.24) is 9.55 Å². The minimum absolute atomic E-state index is 0.0349. The SMILES string of the molecule is COc1cc(C=CC(=O)c2cccc(-n3cc(-c4ccc(C)s4)[nH]c3=O)c2)ccc1O. The summed E-state index contributed by atoms with van der Waals surface area (Å²) >= 11 is 1.60. The highest BCUT2D eigenvalue weighted by Gasteiger charge is 2.11. The molecule has 2 aromatic carbocycles. The quantitative estimate of drug-likeness (QED) is 0.338. The Bertz CT molecular complexity index is 1340. The van der Waals surface area contributed by atoms with Crippen LogP contribution in [0.3, 0.4) is 0 Å². The first-order chi connectivity index (χ1) is 14.9. The second-order valence-corrected chi connectivity index (χ2v) is 8.22. The van der Waals surface area contributed by atoms with E-state index in [1.165, 1.54) is 23.8 Å². The normalized spacial score (nSPS) is 11.2. The summed E-state index contributed by atoms with van der Waals surface area (Å²) < 4.78 is 6.58. The molecule has 4 rings (SSSR count). The van der Waals surface area contributed by atoms with Crippen molar-refractivity contribution in [3.8, 4) is 27.8 Å². The van der Waals surface area contributed by atoms with Gasteiger partial charge >= 0.3 is 5.69 Å². The molecule has 0 saturated heterocycles. The molecule has 6 nitrogen and oxygen atoms in total. The zero-order valence-corrected chi connectivity index (χ0v) is 17.8. The number of phenolic OH excluding ortho intramolecular Hbond substituents is 1. The monoisotopic (exact) mass is 432 g/mol. The van der Waals surface area contributed by atoms with Crippen LogP contribution in [0.4, 0.5) is 0 Å². The Morgan fingerprint density at radius 1 is 1.16 bits per heavy atom. The van der Waals surface area contributed by atoms with Gasteiger partial charge in [0, 0.05) is 16.6 Å². The second-order valence-electron chi connectivity index (χ2n) is 6.93. The summed E-state index contributed by atoms with van der Waals surface area (Å²) in [6, 6.07) is 15.7. The third-order valence-electron chi connectivity index (χ3n) is 4.76. The number of nitrogens with one attached hydrogen (secondary N) is 1. The molecule has 0 aliphatic carbocycles. The number of carbonyl (C=O) groups excluding carboxylic acids is 1. The van der Waals surface area contributed by atoms with Crippen LogP contribution in [0.2, 0.25) is 0 Å². The Kier molecular flexibility index (Phi) is 5.60. The van der Waals surface area contributed by atoms with Gasteiger partial charge in [0.2, 0.25) is 0 Å². The number of imidazole rings is 1. The van der Waals surface area contributed by atoms with Gasteiger partial charge in [-0.25, -0.2) is 4.79 Å². The van der Waals surface area contributed by atoms with Crippen molar-refractivity contribution in [2.75, 3.05) is 7.11 Å². The summed E-state index contributed by atoms with van der Waals surface area (Å²) in [6.07, 6.45) is 4.84. The molecule has 2 N–H and O–H groups in total. The number of nitrogens with zero attached hydrogens (tertiary/aromatic N) is 1. The Balaban J connectivity index is 1.59. The molecule has 0 unspecified atom stereocenters. The number of hydrogen-bond acceptors (Lipinski definition) is 5. The molecule has 0 atom stereocenters. The maximum absolute atomic E-state index is 12.7. The van der Waals surface area contributed by atoms with Crippen LogP contribution in [0.5, 0.6) is 11.5 Å². The van der Waals surface area contributed by atoms with Crippen LogP contribution in [0.1, 0.15) is 20.8 Å². The number of ether oxygens (including phenoxy) is 1. The van der Waals surface area contributed by atoms with Crippen LogP contribution in [0.25, 0.3) is 22.3 Å². The Labute approximate surface area is 182 Å². The fraction of sp³-hybridized carbons (Fsp3) is 0.0833. The van der Waals surface area contributed by atoms with Crippen LogP contribution in [-0.4, -0.2) is 27.6 Å². The molecular weight excluding hydrogens is 412 g/mol. The van der Waals surface area contributed by atoms with Gasteiger partial charge < -0.3 is 14.8 Å². The van der Waals surface area contributed by atoms with Crippen molar-refractivity contribution in [1.29, 1.82) is 0 Å².